The molecule has 3 aliphatic rings. The molecule has 0 spiro atoms. The highest BCUT2D eigenvalue weighted by atomic mass is 15.4. The van der Waals surface area contributed by atoms with Crippen molar-refractivity contribution in [3.8, 4) is 0 Å². The fourth-order valence-electron chi connectivity index (χ4n) is 3.62. The van der Waals surface area contributed by atoms with Crippen LogP contribution in [-0.4, -0.2) is 55.6 Å². The van der Waals surface area contributed by atoms with Crippen molar-refractivity contribution in [3.63, 3.8) is 0 Å². The molecule has 3 nitrogen and oxygen atoms in total. The van der Waals surface area contributed by atoms with Crippen LogP contribution in [0.3, 0.4) is 0 Å². The van der Waals surface area contributed by atoms with Crippen LogP contribution in [0.1, 0.15) is 22.7 Å². The van der Waals surface area contributed by atoms with Gasteiger partial charge in [-0.15, -0.1) is 0 Å². The van der Waals surface area contributed by atoms with Crippen LogP contribution in [0.5, 0.6) is 0 Å². The molecule has 19 heavy (non-hydrogen) atoms. The van der Waals surface area contributed by atoms with Crippen molar-refractivity contribution in [2.45, 2.75) is 25.9 Å². The van der Waals surface area contributed by atoms with Gasteiger partial charge in [0, 0.05) is 44.8 Å². The minimum atomic E-state index is 0.447. The number of fused-ring (bicyclic) bond motifs is 3. The first-order valence-electron chi connectivity index (χ1n) is 7.40. The van der Waals surface area contributed by atoms with E-state index in [4.69, 9.17) is 0 Å². The van der Waals surface area contributed by atoms with Gasteiger partial charge < -0.3 is 5.32 Å². The first-order chi connectivity index (χ1) is 9.19. The Hall–Kier alpha value is -0.900. The molecule has 0 amide bonds. The van der Waals surface area contributed by atoms with Crippen molar-refractivity contribution in [1.82, 2.24) is 15.1 Å². The van der Waals surface area contributed by atoms with E-state index >= 15 is 0 Å². The van der Waals surface area contributed by atoms with Crippen molar-refractivity contribution in [2.75, 3.05) is 39.8 Å². The maximum atomic E-state index is 3.57. The van der Waals surface area contributed by atoms with Crippen molar-refractivity contribution in [2.24, 2.45) is 0 Å². The summed E-state index contributed by atoms with van der Waals surface area (Å²) >= 11 is 0. The lowest BCUT2D eigenvalue weighted by molar-refractivity contribution is -0.00263. The van der Waals surface area contributed by atoms with E-state index in [1.165, 1.54) is 49.4 Å². The summed E-state index contributed by atoms with van der Waals surface area (Å²) < 4.78 is 0. The molecule has 104 valence electrons. The molecule has 0 radical (unpaired) electrons. The summed E-state index contributed by atoms with van der Waals surface area (Å²) in [6.07, 6.45) is 0. The molecule has 3 heterocycles. The Bertz CT molecular complexity index is 449. The fourth-order valence-corrected chi connectivity index (χ4v) is 3.62. The zero-order valence-electron chi connectivity index (χ0n) is 12.3. The van der Waals surface area contributed by atoms with E-state index in [1.54, 1.807) is 0 Å². The topological polar surface area (TPSA) is 18.5 Å². The summed E-state index contributed by atoms with van der Waals surface area (Å²) in [5.74, 6) is 0. The minimum Gasteiger partial charge on any atom is -0.312 e. The van der Waals surface area contributed by atoms with Crippen LogP contribution in [0.25, 0.3) is 0 Å². The smallest absolute Gasteiger partial charge is 0.0491 e. The van der Waals surface area contributed by atoms with E-state index < -0.39 is 0 Å². The monoisotopic (exact) mass is 259 g/mol. The van der Waals surface area contributed by atoms with Crippen molar-refractivity contribution >= 4 is 0 Å². The van der Waals surface area contributed by atoms with Gasteiger partial charge in [-0.3, -0.25) is 9.80 Å². The molecule has 2 bridgehead atoms. The lowest BCUT2D eigenvalue weighted by atomic mass is 9.90. The van der Waals surface area contributed by atoms with E-state index in [1.807, 2.05) is 0 Å². The summed E-state index contributed by atoms with van der Waals surface area (Å²) in [5, 5.41) is 3.57. The number of hydrogen-bond donors (Lipinski definition) is 1. The highest BCUT2D eigenvalue weighted by Crippen LogP contribution is 2.29. The lowest BCUT2D eigenvalue weighted by Gasteiger charge is -2.50. The second kappa shape index (κ2) is 5.23. The molecular formula is C16H25N3. The van der Waals surface area contributed by atoms with Crippen LogP contribution in [0.2, 0.25) is 0 Å². The van der Waals surface area contributed by atoms with Crippen LogP contribution in [0.15, 0.2) is 18.2 Å². The molecule has 3 heteroatoms. The molecule has 1 aromatic carbocycles. The predicted octanol–water partition coefficient (Wildman–Crippen LogP) is 1.56. The molecule has 1 aromatic rings. The zero-order chi connectivity index (χ0) is 13.4. The number of nitrogens with zero attached hydrogens (tertiary/aromatic N) is 2. The first kappa shape index (κ1) is 13.1. The van der Waals surface area contributed by atoms with Gasteiger partial charge in [0.05, 0.1) is 0 Å². The first-order valence-corrected chi connectivity index (χ1v) is 7.40. The lowest BCUT2D eigenvalue weighted by Crippen LogP contribution is -2.63. The van der Waals surface area contributed by atoms with Crippen LogP contribution >= 0.6 is 0 Å². The molecular weight excluding hydrogens is 234 g/mol. The Morgan fingerprint density at radius 2 is 1.89 bits per heavy atom. The Morgan fingerprint density at radius 1 is 1.16 bits per heavy atom. The van der Waals surface area contributed by atoms with Crippen molar-refractivity contribution < 1.29 is 0 Å². The van der Waals surface area contributed by atoms with Gasteiger partial charge in [-0.2, -0.15) is 0 Å². The van der Waals surface area contributed by atoms with Gasteiger partial charge in [-0.25, -0.2) is 0 Å². The van der Waals surface area contributed by atoms with E-state index in [0.29, 0.717) is 12.1 Å². The Morgan fingerprint density at radius 3 is 2.47 bits per heavy atom. The third-order valence-corrected chi connectivity index (χ3v) is 4.79. The van der Waals surface area contributed by atoms with Crippen LogP contribution in [-0.2, 0) is 0 Å². The Kier molecular flexibility index (Phi) is 3.61. The van der Waals surface area contributed by atoms with Crippen LogP contribution < -0.4 is 5.32 Å². The van der Waals surface area contributed by atoms with Crippen molar-refractivity contribution in [1.29, 1.82) is 0 Å². The van der Waals surface area contributed by atoms with E-state index in [-0.39, 0.29) is 0 Å². The number of nitrogens with one attached hydrogen (secondary N) is 1. The van der Waals surface area contributed by atoms with Gasteiger partial charge in [-0.05, 0) is 32.0 Å². The summed E-state index contributed by atoms with van der Waals surface area (Å²) in [5.41, 5.74) is 4.24. The quantitative estimate of drug-likeness (QED) is 0.889. The van der Waals surface area contributed by atoms with Gasteiger partial charge in [0.25, 0.3) is 0 Å². The number of benzene rings is 1. The molecule has 0 aromatic heterocycles. The van der Waals surface area contributed by atoms with E-state index in [2.05, 4.69) is 54.2 Å². The number of hydrogen-bond acceptors (Lipinski definition) is 3. The number of likely N-dealkylation sites (N-methyl/N-ethyl adjacent to an activating group) is 1. The van der Waals surface area contributed by atoms with Gasteiger partial charge in [0.15, 0.2) is 0 Å². The highest BCUT2D eigenvalue weighted by Gasteiger charge is 2.37. The average Bonchev–Trinajstić information content (AvgIpc) is 2.45. The fraction of sp³-hybridized carbons (Fsp3) is 0.625. The molecule has 2 unspecified atom stereocenters. The SMILES string of the molecule is CNC(c1cc(C)ccc1C)C1CN2CCN1CC2. The molecule has 3 saturated heterocycles. The van der Waals surface area contributed by atoms with Gasteiger partial charge in [0.1, 0.15) is 0 Å². The van der Waals surface area contributed by atoms with Crippen LogP contribution in [0.4, 0.5) is 0 Å². The van der Waals surface area contributed by atoms with Crippen molar-refractivity contribution in [3.05, 3.63) is 34.9 Å². The normalized spacial score (nSPS) is 31.4. The molecule has 2 atom stereocenters. The third-order valence-electron chi connectivity index (χ3n) is 4.79. The molecule has 1 N–H and O–H groups in total. The average molecular weight is 259 g/mol. The highest BCUT2D eigenvalue weighted by molar-refractivity contribution is 5.34. The van der Waals surface area contributed by atoms with Gasteiger partial charge >= 0.3 is 0 Å². The van der Waals surface area contributed by atoms with E-state index in [9.17, 15) is 0 Å². The maximum absolute atomic E-state index is 3.57. The predicted molar refractivity (Wildman–Crippen MR) is 79.5 cm³/mol. The minimum absolute atomic E-state index is 0.447. The second-order valence-electron chi connectivity index (χ2n) is 6.03. The molecule has 3 aliphatic heterocycles. The summed E-state index contributed by atoms with van der Waals surface area (Å²) in [6.45, 7) is 10.6. The number of aryl methyl sites for hydroxylation is 2. The Balaban J connectivity index is 1.90. The van der Waals surface area contributed by atoms with Gasteiger partial charge in [-0.1, -0.05) is 23.8 Å². The summed E-state index contributed by atoms with van der Waals surface area (Å²) in [4.78, 5) is 5.28. The third kappa shape index (κ3) is 2.42. The molecule has 0 saturated carbocycles. The molecule has 4 rings (SSSR count). The van der Waals surface area contributed by atoms with E-state index in [0.717, 1.165) is 0 Å². The second-order valence-corrected chi connectivity index (χ2v) is 6.03. The Labute approximate surface area is 116 Å². The molecule has 3 fully saturated rings. The van der Waals surface area contributed by atoms with Crippen LogP contribution in [0, 0.1) is 13.8 Å². The largest absolute Gasteiger partial charge is 0.312 e. The number of rotatable bonds is 3. The zero-order valence-corrected chi connectivity index (χ0v) is 12.3. The summed E-state index contributed by atoms with van der Waals surface area (Å²) in [7, 11) is 2.10. The number of piperazine rings is 3. The maximum Gasteiger partial charge on any atom is 0.0491 e. The van der Waals surface area contributed by atoms with Gasteiger partial charge in [0.2, 0.25) is 0 Å². The summed E-state index contributed by atoms with van der Waals surface area (Å²) in [6, 6.07) is 7.89. The molecule has 0 aliphatic carbocycles. The standard InChI is InChI=1S/C16H25N3/c1-12-4-5-13(2)14(10-12)16(17-3)15-11-18-6-8-19(15)9-7-18/h4-5,10,15-17H,6-9,11H2,1-3H3.